The molecule has 1 aromatic heterocycles. The lowest BCUT2D eigenvalue weighted by molar-refractivity contribution is 0.0958. The average Bonchev–Trinajstić information content (AvgIpc) is 2.48. The van der Waals surface area contributed by atoms with Gasteiger partial charge in [0, 0.05) is 13.2 Å². The third-order valence-corrected chi connectivity index (χ3v) is 4.02. The number of aromatic nitrogens is 1. The molecule has 0 saturated heterocycles. The fourth-order valence-electron chi connectivity index (χ4n) is 1.76. The van der Waals surface area contributed by atoms with E-state index in [0.29, 0.717) is 5.56 Å². The van der Waals surface area contributed by atoms with Crippen LogP contribution in [0.3, 0.4) is 0 Å². The molecule has 0 atom stereocenters. The number of halogens is 1. The maximum atomic E-state index is 12.8. The molecule has 22 heavy (non-hydrogen) atoms. The lowest BCUT2D eigenvalue weighted by Crippen LogP contribution is -2.20. The van der Waals surface area contributed by atoms with Gasteiger partial charge in [-0.1, -0.05) is 12.1 Å². The van der Waals surface area contributed by atoms with Crippen molar-refractivity contribution in [2.75, 3.05) is 11.8 Å². The summed E-state index contributed by atoms with van der Waals surface area (Å²) in [7, 11) is -2.23. The van der Waals surface area contributed by atoms with Crippen LogP contribution in [0.2, 0.25) is 0 Å². The maximum Gasteiger partial charge on any atom is 0.269 e. The zero-order valence-electron chi connectivity index (χ0n) is 11.7. The summed E-state index contributed by atoms with van der Waals surface area (Å²) in [5, 5.41) is 2.40. The number of anilines is 1. The smallest absolute Gasteiger partial charge is 0.269 e. The van der Waals surface area contributed by atoms with Gasteiger partial charge in [0.25, 0.3) is 5.91 Å². The first-order chi connectivity index (χ1) is 10.4. The van der Waals surface area contributed by atoms with Crippen molar-refractivity contribution in [3.8, 4) is 0 Å². The summed E-state index contributed by atoms with van der Waals surface area (Å²) in [6, 6.07) is 7.96. The van der Waals surface area contributed by atoms with Gasteiger partial charge in [-0.25, -0.2) is 12.8 Å². The van der Waals surface area contributed by atoms with Crippen molar-refractivity contribution >= 4 is 21.6 Å². The predicted molar refractivity (Wildman–Crippen MR) is 80.3 cm³/mol. The first-order valence-electron chi connectivity index (χ1n) is 6.33. The van der Waals surface area contributed by atoms with E-state index in [1.54, 1.807) is 0 Å². The van der Waals surface area contributed by atoms with Crippen molar-refractivity contribution in [2.45, 2.75) is 5.75 Å². The van der Waals surface area contributed by atoms with Crippen molar-refractivity contribution in [2.24, 2.45) is 0 Å². The molecule has 2 N–H and O–H groups in total. The molecule has 0 aliphatic heterocycles. The Kier molecular flexibility index (Phi) is 4.71. The molecule has 0 aliphatic rings. The summed E-state index contributed by atoms with van der Waals surface area (Å²) >= 11 is 0. The van der Waals surface area contributed by atoms with E-state index >= 15 is 0 Å². The Morgan fingerprint density at radius 3 is 2.55 bits per heavy atom. The second-order valence-corrected chi connectivity index (χ2v) is 6.22. The highest BCUT2D eigenvalue weighted by molar-refractivity contribution is 7.91. The molecule has 1 heterocycles. The molecule has 0 aliphatic carbocycles. The molecule has 2 rings (SSSR count). The van der Waals surface area contributed by atoms with Crippen LogP contribution in [0, 0.1) is 5.82 Å². The number of carbonyl (C=O) groups is 1. The lowest BCUT2D eigenvalue weighted by atomic mass is 10.2. The molecule has 0 fully saturated rings. The van der Waals surface area contributed by atoms with Gasteiger partial charge in [-0.15, -0.1) is 0 Å². The number of rotatable bonds is 5. The number of benzene rings is 1. The van der Waals surface area contributed by atoms with Crippen molar-refractivity contribution < 1.29 is 17.6 Å². The van der Waals surface area contributed by atoms with Gasteiger partial charge in [0.2, 0.25) is 10.0 Å². The Morgan fingerprint density at radius 1 is 1.23 bits per heavy atom. The summed E-state index contributed by atoms with van der Waals surface area (Å²) in [5.41, 5.74) is 0.787. The molecule has 0 radical (unpaired) electrons. The van der Waals surface area contributed by atoms with Crippen molar-refractivity contribution in [3.63, 3.8) is 0 Å². The van der Waals surface area contributed by atoms with Crippen LogP contribution in [0.5, 0.6) is 0 Å². The van der Waals surface area contributed by atoms with E-state index in [4.69, 9.17) is 0 Å². The van der Waals surface area contributed by atoms with Gasteiger partial charge in [-0.2, -0.15) is 0 Å². The zero-order valence-corrected chi connectivity index (χ0v) is 12.5. The number of pyridine rings is 1. The molecule has 1 amide bonds. The Balaban J connectivity index is 2.15. The standard InChI is InChI=1S/C14H14FN3O3S/c1-16-14(19)13-8-12(6-7-17-13)18-22(20,21)9-10-2-4-11(15)5-3-10/h2-8H,9H2,1H3,(H,16,19)(H,17,18). The maximum absolute atomic E-state index is 12.8. The van der Waals surface area contributed by atoms with E-state index in [-0.39, 0.29) is 17.1 Å². The monoisotopic (exact) mass is 323 g/mol. The van der Waals surface area contributed by atoms with Gasteiger partial charge in [0.15, 0.2) is 0 Å². The van der Waals surface area contributed by atoms with Crippen LogP contribution in [0.4, 0.5) is 10.1 Å². The average molecular weight is 323 g/mol. The quantitative estimate of drug-likeness (QED) is 0.873. The van der Waals surface area contributed by atoms with E-state index in [9.17, 15) is 17.6 Å². The van der Waals surface area contributed by atoms with Crippen LogP contribution in [-0.4, -0.2) is 26.4 Å². The SMILES string of the molecule is CNC(=O)c1cc(NS(=O)(=O)Cc2ccc(F)cc2)ccn1. The van der Waals surface area contributed by atoms with Crippen LogP contribution in [0.25, 0.3) is 0 Å². The van der Waals surface area contributed by atoms with Crippen LogP contribution >= 0.6 is 0 Å². The number of hydrogen-bond acceptors (Lipinski definition) is 4. The lowest BCUT2D eigenvalue weighted by Gasteiger charge is -2.09. The van der Waals surface area contributed by atoms with Crippen molar-refractivity contribution in [1.82, 2.24) is 10.3 Å². The first kappa shape index (κ1) is 15.9. The van der Waals surface area contributed by atoms with E-state index in [0.717, 1.165) is 0 Å². The topological polar surface area (TPSA) is 88.2 Å². The number of hydrogen-bond donors (Lipinski definition) is 2. The van der Waals surface area contributed by atoms with Crippen molar-refractivity contribution in [1.29, 1.82) is 0 Å². The predicted octanol–water partition coefficient (Wildman–Crippen LogP) is 1.52. The van der Waals surface area contributed by atoms with Crippen LogP contribution in [0.1, 0.15) is 16.1 Å². The molecule has 2 aromatic rings. The zero-order chi connectivity index (χ0) is 16.2. The van der Waals surface area contributed by atoms with Crippen LogP contribution in [0.15, 0.2) is 42.6 Å². The summed E-state index contributed by atoms with van der Waals surface area (Å²) in [5.74, 6) is -1.15. The van der Waals surface area contributed by atoms with E-state index in [1.165, 1.54) is 49.6 Å². The molecule has 1 aromatic carbocycles. The summed E-state index contributed by atoms with van der Waals surface area (Å²) in [6.07, 6.45) is 1.33. The summed E-state index contributed by atoms with van der Waals surface area (Å²) < 4.78 is 39.3. The minimum absolute atomic E-state index is 0.101. The Labute approximate surface area is 127 Å². The molecular weight excluding hydrogens is 309 g/mol. The highest BCUT2D eigenvalue weighted by atomic mass is 32.2. The number of carbonyl (C=O) groups excluding carboxylic acids is 1. The molecule has 6 nitrogen and oxygen atoms in total. The van der Waals surface area contributed by atoms with Gasteiger partial charge >= 0.3 is 0 Å². The number of nitrogens with zero attached hydrogens (tertiary/aromatic N) is 1. The van der Waals surface area contributed by atoms with Crippen LogP contribution in [-0.2, 0) is 15.8 Å². The van der Waals surface area contributed by atoms with Gasteiger partial charge in [0.1, 0.15) is 11.5 Å². The highest BCUT2D eigenvalue weighted by Crippen LogP contribution is 2.14. The normalized spacial score (nSPS) is 11.0. The van der Waals surface area contributed by atoms with Crippen molar-refractivity contribution in [3.05, 3.63) is 59.7 Å². The van der Waals surface area contributed by atoms with Gasteiger partial charge in [0.05, 0.1) is 11.4 Å². The Bertz CT molecular complexity index is 776. The van der Waals surface area contributed by atoms with Gasteiger partial charge in [-0.05, 0) is 29.8 Å². The number of amides is 1. The minimum Gasteiger partial charge on any atom is -0.354 e. The Hall–Kier alpha value is -2.48. The Morgan fingerprint density at radius 2 is 1.91 bits per heavy atom. The van der Waals surface area contributed by atoms with Gasteiger partial charge in [-0.3, -0.25) is 14.5 Å². The second kappa shape index (κ2) is 6.52. The number of nitrogens with one attached hydrogen (secondary N) is 2. The minimum atomic E-state index is -3.68. The van der Waals surface area contributed by atoms with E-state index < -0.39 is 21.7 Å². The third kappa shape index (κ3) is 4.26. The highest BCUT2D eigenvalue weighted by Gasteiger charge is 2.13. The fraction of sp³-hybridized carbons (Fsp3) is 0.143. The molecule has 116 valence electrons. The van der Waals surface area contributed by atoms with Gasteiger partial charge < -0.3 is 5.32 Å². The molecule has 0 spiro atoms. The largest absolute Gasteiger partial charge is 0.354 e. The summed E-state index contributed by atoms with van der Waals surface area (Å²) in [4.78, 5) is 15.3. The molecule has 0 unspecified atom stereocenters. The molecule has 8 heteroatoms. The number of sulfonamides is 1. The molecular formula is C14H14FN3O3S. The third-order valence-electron chi connectivity index (χ3n) is 2.76. The van der Waals surface area contributed by atoms with E-state index in [1.807, 2.05) is 0 Å². The second-order valence-electron chi connectivity index (χ2n) is 4.50. The first-order valence-corrected chi connectivity index (χ1v) is 7.98. The molecule has 0 saturated carbocycles. The van der Waals surface area contributed by atoms with E-state index in [2.05, 4.69) is 15.0 Å². The van der Waals surface area contributed by atoms with Crippen LogP contribution < -0.4 is 10.0 Å². The molecule has 0 bridgehead atoms. The fourth-order valence-corrected chi connectivity index (χ4v) is 2.95. The summed E-state index contributed by atoms with van der Waals surface area (Å²) in [6.45, 7) is 0.